The monoisotopic (exact) mass is 391 g/mol. The minimum atomic E-state index is -0.151. The summed E-state index contributed by atoms with van der Waals surface area (Å²) in [5.41, 5.74) is 9.87. The first kappa shape index (κ1) is 18.5. The van der Waals surface area contributed by atoms with Crippen LogP contribution in [-0.2, 0) is 11.3 Å². The Hall–Kier alpha value is -2.90. The van der Waals surface area contributed by atoms with Crippen molar-refractivity contribution in [1.82, 2.24) is 19.7 Å². The van der Waals surface area contributed by atoms with Crippen molar-refractivity contribution in [2.75, 3.05) is 19.1 Å². The van der Waals surface area contributed by atoms with Gasteiger partial charge in [-0.2, -0.15) is 5.10 Å². The maximum absolute atomic E-state index is 6.31. The van der Waals surface area contributed by atoms with Gasteiger partial charge in [0.1, 0.15) is 17.6 Å². The van der Waals surface area contributed by atoms with E-state index in [1.165, 1.54) is 11.8 Å². The minimum absolute atomic E-state index is 0.151. The molecule has 1 unspecified atom stereocenters. The molecule has 0 aliphatic heterocycles. The average molecular weight is 392 g/mol. The SMILES string of the molecule is COC(Cn1nc(-c2ccccc2)c2c(N)nc(SC)nc21)c1ccccc1. The topological polar surface area (TPSA) is 78.9 Å². The van der Waals surface area contributed by atoms with Crippen LogP contribution in [0, 0.1) is 0 Å². The highest BCUT2D eigenvalue weighted by Crippen LogP contribution is 2.32. The number of hydrogen-bond donors (Lipinski definition) is 1. The van der Waals surface area contributed by atoms with E-state index in [9.17, 15) is 0 Å². The molecule has 28 heavy (non-hydrogen) atoms. The molecule has 7 heteroatoms. The molecule has 142 valence electrons. The highest BCUT2D eigenvalue weighted by atomic mass is 32.2. The van der Waals surface area contributed by atoms with Crippen molar-refractivity contribution in [1.29, 1.82) is 0 Å². The van der Waals surface area contributed by atoms with Crippen molar-refractivity contribution >= 4 is 28.6 Å². The third-order valence-electron chi connectivity index (χ3n) is 4.62. The molecule has 2 heterocycles. The fourth-order valence-electron chi connectivity index (χ4n) is 3.23. The summed E-state index contributed by atoms with van der Waals surface area (Å²) in [7, 11) is 1.71. The van der Waals surface area contributed by atoms with Crippen molar-refractivity contribution in [2.45, 2.75) is 17.8 Å². The molecule has 2 N–H and O–H groups in total. The molecule has 0 aliphatic carbocycles. The molecule has 0 aliphatic rings. The molecule has 0 saturated heterocycles. The number of nitrogen functional groups attached to an aromatic ring is 1. The van der Waals surface area contributed by atoms with Crippen LogP contribution in [0.15, 0.2) is 65.8 Å². The van der Waals surface area contributed by atoms with Crippen molar-refractivity contribution < 1.29 is 4.74 Å². The Morgan fingerprint density at radius 2 is 1.71 bits per heavy atom. The molecular formula is C21H21N5OS. The first-order chi connectivity index (χ1) is 13.7. The van der Waals surface area contributed by atoms with Crippen molar-refractivity contribution in [3.8, 4) is 11.3 Å². The number of nitrogens with zero attached hydrogens (tertiary/aromatic N) is 4. The molecule has 4 aromatic rings. The Morgan fingerprint density at radius 1 is 1.04 bits per heavy atom. The molecule has 4 rings (SSSR count). The van der Waals surface area contributed by atoms with E-state index in [0.717, 1.165) is 22.2 Å². The van der Waals surface area contributed by atoms with E-state index in [1.807, 2.05) is 59.5 Å². The molecule has 6 nitrogen and oxygen atoms in total. The maximum Gasteiger partial charge on any atom is 0.191 e. The van der Waals surface area contributed by atoms with E-state index in [0.29, 0.717) is 23.2 Å². The van der Waals surface area contributed by atoms with Gasteiger partial charge in [-0.25, -0.2) is 14.6 Å². The second-order valence-corrected chi connectivity index (χ2v) is 7.10. The number of benzene rings is 2. The first-order valence-electron chi connectivity index (χ1n) is 8.92. The summed E-state index contributed by atoms with van der Waals surface area (Å²) in [6.07, 6.45) is 1.78. The molecule has 1 atom stereocenters. The van der Waals surface area contributed by atoms with Crippen LogP contribution in [0.3, 0.4) is 0 Å². The second-order valence-electron chi connectivity index (χ2n) is 6.33. The summed E-state index contributed by atoms with van der Waals surface area (Å²) in [6.45, 7) is 0.522. The molecule has 0 amide bonds. The van der Waals surface area contributed by atoms with Crippen molar-refractivity contribution in [3.05, 3.63) is 66.2 Å². The first-order valence-corrected chi connectivity index (χ1v) is 10.1. The predicted octanol–water partition coefficient (Wildman–Crippen LogP) is 4.19. The molecule has 2 aromatic heterocycles. The molecule has 0 bridgehead atoms. The van der Waals surface area contributed by atoms with Gasteiger partial charge in [-0.1, -0.05) is 72.4 Å². The smallest absolute Gasteiger partial charge is 0.191 e. The quantitative estimate of drug-likeness (QED) is 0.392. The molecular weight excluding hydrogens is 370 g/mol. The van der Waals surface area contributed by atoms with Crippen LogP contribution in [-0.4, -0.2) is 33.1 Å². The average Bonchev–Trinajstić information content (AvgIpc) is 3.12. The Labute approximate surface area is 167 Å². The fourth-order valence-corrected chi connectivity index (χ4v) is 3.60. The number of methoxy groups -OCH3 is 1. The van der Waals surface area contributed by atoms with Crippen LogP contribution in [0.5, 0.6) is 0 Å². The lowest BCUT2D eigenvalue weighted by Crippen LogP contribution is -2.13. The molecule has 2 aromatic carbocycles. The number of hydrogen-bond acceptors (Lipinski definition) is 6. The lowest BCUT2D eigenvalue weighted by atomic mass is 10.1. The van der Waals surface area contributed by atoms with Gasteiger partial charge in [0.25, 0.3) is 0 Å². The van der Waals surface area contributed by atoms with E-state index in [4.69, 9.17) is 20.6 Å². The largest absolute Gasteiger partial charge is 0.383 e. The van der Waals surface area contributed by atoms with Gasteiger partial charge in [0, 0.05) is 12.7 Å². The van der Waals surface area contributed by atoms with Gasteiger partial charge in [0.05, 0.1) is 11.9 Å². The van der Waals surface area contributed by atoms with Crippen LogP contribution in [0.4, 0.5) is 5.82 Å². The van der Waals surface area contributed by atoms with Gasteiger partial charge in [-0.15, -0.1) is 0 Å². The zero-order chi connectivity index (χ0) is 19.5. The van der Waals surface area contributed by atoms with E-state index in [1.54, 1.807) is 7.11 Å². The van der Waals surface area contributed by atoms with Gasteiger partial charge in [0.2, 0.25) is 0 Å². The van der Waals surface area contributed by atoms with Crippen LogP contribution < -0.4 is 5.73 Å². The Kier molecular flexibility index (Phi) is 5.27. The fraction of sp³-hybridized carbons (Fsp3) is 0.190. The van der Waals surface area contributed by atoms with E-state index in [-0.39, 0.29) is 6.10 Å². The number of aromatic nitrogens is 4. The summed E-state index contributed by atoms with van der Waals surface area (Å²) in [5.74, 6) is 0.438. The van der Waals surface area contributed by atoms with Gasteiger partial charge in [0.15, 0.2) is 10.8 Å². The lowest BCUT2D eigenvalue weighted by molar-refractivity contribution is 0.0857. The van der Waals surface area contributed by atoms with Crippen LogP contribution >= 0.6 is 11.8 Å². The normalized spacial score (nSPS) is 12.4. The van der Waals surface area contributed by atoms with Gasteiger partial charge in [-0.3, -0.25) is 0 Å². The van der Waals surface area contributed by atoms with Crippen LogP contribution in [0.25, 0.3) is 22.3 Å². The molecule has 0 spiro atoms. The Bertz CT molecular complexity index is 1080. The standard InChI is InChI=1S/C21H21N5OS/c1-27-16(14-9-5-3-6-10-14)13-26-20-17(19(22)23-21(24-20)28-2)18(25-26)15-11-7-4-8-12-15/h3-12,16H,13H2,1-2H3,(H2,22,23,24). The highest BCUT2D eigenvalue weighted by molar-refractivity contribution is 7.98. The maximum atomic E-state index is 6.31. The summed E-state index contributed by atoms with van der Waals surface area (Å²) in [5, 5.41) is 6.25. The highest BCUT2D eigenvalue weighted by Gasteiger charge is 2.21. The predicted molar refractivity (Wildman–Crippen MR) is 113 cm³/mol. The summed E-state index contributed by atoms with van der Waals surface area (Å²) < 4.78 is 7.62. The van der Waals surface area contributed by atoms with E-state index in [2.05, 4.69) is 17.1 Å². The molecule has 0 saturated carbocycles. The zero-order valence-corrected chi connectivity index (χ0v) is 16.6. The van der Waals surface area contributed by atoms with Crippen LogP contribution in [0.1, 0.15) is 11.7 Å². The zero-order valence-electron chi connectivity index (χ0n) is 15.7. The van der Waals surface area contributed by atoms with E-state index >= 15 is 0 Å². The number of nitrogens with two attached hydrogens (primary N) is 1. The summed E-state index contributed by atoms with van der Waals surface area (Å²) in [6, 6.07) is 20.1. The second kappa shape index (κ2) is 8.00. The number of anilines is 1. The lowest BCUT2D eigenvalue weighted by Gasteiger charge is -2.16. The van der Waals surface area contributed by atoms with Crippen molar-refractivity contribution in [3.63, 3.8) is 0 Å². The third-order valence-corrected chi connectivity index (χ3v) is 5.17. The minimum Gasteiger partial charge on any atom is -0.383 e. The number of rotatable bonds is 6. The Balaban J connectivity index is 1.87. The van der Waals surface area contributed by atoms with E-state index < -0.39 is 0 Å². The van der Waals surface area contributed by atoms with Gasteiger partial charge >= 0.3 is 0 Å². The summed E-state index contributed by atoms with van der Waals surface area (Å²) >= 11 is 1.46. The van der Waals surface area contributed by atoms with Crippen molar-refractivity contribution in [2.24, 2.45) is 0 Å². The van der Waals surface area contributed by atoms with Gasteiger partial charge < -0.3 is 10.5 Å². The Morgan fingerprint density at radius 3 is 2.36 bits per heavy atom. The van der Waals surface area contributed by atoms with Gasteiger partial charge in [-0.05, 0) is 11.8 Å². The molecule has 0 fully saturated rings. The van der Waals surface area contributed by atoms with Crippen LogP contribution in [0.2, 0.25) is 0 Å². The number of fused-ring (bicyclic) bond motifs is 1. The third kappa shape index (κ3) is 3.46. The summed E-state index contributed by atoms with van der Waals surface area (Å²) in [4.78, 5) is 9.12. The molecule has 0 radical (unpaired) electrons. The number of thioether (sulfide) groups is 1. The number of ether oxygens (including phenoxy) is 1.